The van der Waals surface area contributed by atoms with Gasteiger partial charge in [0.1, 0.15) is 0 Å². The molecule has 1 aliphatic rings. The summed E-state index contributed by atoms with van der Waals surface area (Å²) in [6.45, 7) is 2.76. The Morgan fingerprint density at radius 3 is 2.83 bits per heavy atom. The standard InChI is InChI=1S/C19H22N4O/c20-12-16-3-1-4-17(11-16)13-22-18-5-2-8-21-19(18)23-9-6-15(14-24)7-10-23/h1-5,8,11,15,22,24H,6-7,9-10,13-14H2. The van der Waals surface area contributed by atoms with Crippen LogP contribution in [-0.4, -0.2) is 29.8 Å². The number of rotatable bonds is 5. The topological polar surface area (TPSA) is 72.2 Å². The number of piperidine rings is 1. The number of pyridine rings is 1. The van der Waals surface area contributed by atoms with Crippen LogP contribution in [0.4, 0.5) is 11.5 Å². The number of nitrogens with one attached hydrogen (secondary N) is 1. The van der Waals surface area contributed by atoms with Crippen LogP contribution < -0.4 is 10.2 Å². The van der Waals surface area contributed by atoms with Crippen LogP contribution in [-0.2, 0) is 6.54 Å². The van der Waals surface area contributed by atoms with Gasteiger partial charge in [0.25, 0.3) is 0 Å². The normalized spacial score (nSPS) is 15.1. The van der Waals surface area contributed by atoms with Crippen molar-refractivity contribution in [2.45, 2.75) is 19.4 Å². The highest BCUT2D eigenvalue weighted by Gasteiger charge is 2.21. The van der Waals surface area contributed by atoms with Crippen molar-refractivity contribution in [1.82, 2.24) is 4.98 Å². The molecule has 0 radical (unpaired) electrons. The van der Waals surface area contributed by atoms with Gasteiger partial charge in [-0.05, 0) is 48.6 Å². The Kier molecular flexibility index (Phi) is 5.29. The van der Waals surface area contributed by atoms with Gasteiger partial charge in [-0.25, -0.2) is 4.98 Å². The minimum absolute atomic E-state index is 0.274. The third-order valence-electron chi connectivity index (χ3n) is 4.50. The zero-order chi connectivity index (χ0) is 16.8. The van der Waals surface area contributed by atoms with Crippen molar-refractivity contribution < 1.29 is 5.11 Å². The summed E-state index contributed by atoms with van der Waals surface area (Å²) in [6, 6.07) is 13.8. The molecule has 1 aromatic heterocycles. The zero-order valence-electron chi connectivity index (χ0n) is 13.7. The van der Waals surface area contributed by atoms with E-state index >= 15 is 0 Å². The smallest absolute Gasteiger partial charge is 0.151 e. The second-order valence-electron chi connectivity index (χ2n) is 6.15. The Balaban J connectivity index is 1.69. The van der Waals surface area contributed by atoms with Crippen LogP contribution in [0.5, 0.6) is 0 Å². The Hall–Kier alpha value is -2.58. The fourth-order valence-corrected chi connectivity index (χ4v) is 3.06. The predicted molar refractivity (Wildman–Crippen MR) is 94.7 cm³/mol. The maximum Gasteiger partial charge on any atom is 0.151 e. The van der Waals surface area contributed by atoms with Gasteiger partial charge in [-0.15, -0.1) is 0 Å². The van der Waals surface area contributed by atoms with Gasteiger partial charge in [-0.3, -0.25) is 0 Å². The number of aliphatic hydroxyl groups excluding tert-OH is 1. The maximum atomic E-state index is 9.29. The Labute approximate surface area is 142 Å². The van der Waals surface area contributed by atoms with E-state index in [0.29, 0.717) is 18.0 Å². The molecule has 0 atom stereocenters. The number of nitrogens with zero attached hydrogens (tertiary/aromatic N) is 3. The molecule has 5 nitrogen and oxygen atoms in total. The first-order valence-corrected chi connectivity index (χ1v) is 8.34. The summed E-state index contributed by atoms with van der Waals surface area (Å²) < 4.78 is 0. The van der Waals surface area contributed by atoms with E-state index in [9.17, 15) is 5.11 Å². The highest BCUT2D eigenvalue weighted by Crippen LogP contribution is 2.27. The fraction of sp³-hybridized carbons (Fsp3) is 0.368. The summed E-state index contributed by atoms with van der Waals surface area (Å²) in [6.07, 6.45) is 3.81. The van der Waals surface area contributed by atoms with Crippen LogP contribution in [0, 0.1) is 17.2 Å². The molecule has 1 aromatic carbocycles. The maximum absolute atomic E-state index is 9.29. The van der Waals surface area contributed by atoms with E-state index in [1.807, 2.05) is 42.6 Å². The van der Waals surface area contributed by atoms with Crippen LogP contribution in [0.3, 0.4) is 0 Å². The van der Waals surface area contributed by atoms with Crippen molar-refractivity contribution in [2.75, 3.05) is 29.9 Å². The minimum atomic E-state index is 0.274. The first-order valence-electron chi connectivity index (χ1n) is 8.34. The summed E-state index contributed by atoms with van der Waals surface area (Å²) in [5, 5.41) is 21.7. The van der Waals surface area contributed by atoms with E-state index < -0.39 is 0 Å². The Morgan fingerprint density at radius 1 is 1.25 bits per heavy atom. The number of aromatic nitrogens is 1. The zero-order valence-corrected chi connectivity index (χ0v) is 13.7. The summed E-state index contributed by atoms with van der Waals surface area (Å²) in [5.41, 5.74) is 2.75. The van der Waals surface area contributed by atoms with Crippen LogP contribution in [0.15, 0.2) is 42.6 Å². The first kappa shape index (κ1) is 16.3. The Bertz CT molecular complexity index is 717. The van der Waals surface area contributed by atoms with Crippen molar-refractivity contribution in [1.29, 1.82) is 5.26 Å². The second kappa shape index (κ2) is 7.80. The van der Waals surface area contributed by atoms with E-state index in [1.165, 1.54) is 0 Å². The first-order chi connectivity index (χ1) is 11.8. The number of benzene rings is 1. The Morgan fingerprint density at radius 2 is 2.08 bits per heavy atom. The van der Waals surface area contributed by atoms with Gasteiger partial charge in [0.05, 0.1) is 17.3 Å². The van der Waals surface area contributed by atoms with Crippen molar-refractivity contribution in [3.05, 3.63) is 53.7 Å². The van der Waals surface area contributed by atoms with E-state index in [2.05, 4.69) is 21.3 Å². The molecule has 24 heavy (non-hydrogen) atoms. The van der Waals surface area contributed by atoms with Crippen molar-refractivity contribution in [3.8, 4) is 6.07 Å². The van der Waals surface area contributed by atoms with Crippen LogP contribution in [0.25, 0.3) is 0 Å². The molecule has 0 amide bonds. The molecular formula is C19H22N4O. The molecule has 1 aliphatic heterocycles. The summed E-state index contributed by atoms with van der Waals surface area (Å²) in [4.78, 5) is 6.83. The van der Waals surface area contributed by atoms with Crippen molar-refractivity contribution in [3.63, 3.8) is 0 Å². The molecule has 1 saturated heterocycles. The molecule has 1 fully saturated rings. The number of aliphatic hydroxyl groups is 1. The van der Waals surface area contributed by atoms with Crippen molar-refractivity contribution in [2.24, 2.45) is 5.92 Å². The van der Waals surface area contributed by atoms with Gasteiger partial charge in [-0.2, -0.15) is 5.26 Å². The average molecular weight is 322 g/mol. The molecule has 0 unspecified atom stereocenters. The molecule has 0 spiro atoms. The monoisotopic (exact) mass is 322 g/mol. The van der Waals surface area contributed by atoms with Gasteiger partial charge in [0, 0.05) is 32.4 Å². The lowest BCUT2D eigenvalue weighted by atomic mass is 9.98. The van der Waals surface area contributed by atoms with E-state index in [4.69, 9.17) is 5.26 Å². The second-order valence-corrected chi connectivity index (χ2v) is 6.15. The average Bonchev–Trinajstić information content (AvgIpc) is 2.67. The lowest BCUT2D eigenvalue weighted by molar-refractivity contribution is 0.203. The van der Waals surface area contributed by atoms with E-state index in [1.54, 1.807) is 0 Å². The fourth-order valence-electron chi connectivity index (χ4n) is 3.06. The molecule has 5 heteroatoms. The number of anilines is 2. The summed E-state index contributed by atoms with van der Waals surface area (Å²) in [7, 11) is 0. The van der Waals surface area contributed by atoms with E-state index in [0.717, 1.165) is 43.0 Å². The van der Waals surface area contributed by atoms with Gasteiger partial charge < -0.3 is 15.3 Å². The van der Waals surface area contributed by atoms with Crippen LogP contribution >= 0.6 is 0 Å². The highest BCUT2D eigenvalue weighted by atomic mass is 16.3. The number of hydrogen-bond acceptors (Lipinski definition) is 5. The molecule has 3 rings (SSSR count). The van der Waals surface area contributed by atoms with E-state index in [-0.39, 0.29) is 6.61 Å². The van der Waals surface area contributed by atoms with Crippen LogP contribution in [0.2, 0.25) is 0 Å². The van der Waals surface area contributed by atoms with Crippen molar-refractivity contribution >= 4 is 11.5 Å². The quantitative estimate of drug-likeness (QED) is 0.885. The van der Waals surface area contributed by atoms with Gasteiger partial charge >= 0.3 is 0 Å². The highest BCUT2D eigenvalue weighted by molar-refractivity contribution is 5.65. The van der Waals surface area contributed by atoms with Gasteiger partial charge in [0.15, 0.2) is 5.82 Å². The molecule has 2 N–H and O–H groups in total. The molecule has 2 heterocycles. The molecule has 124 valence electrons. The predicted octanol–water partition coefficient (Wildman–Crippen LogP) is 2.77. The number of hydrogen-bond donors (Lipinski definition) is 2. The third-order valence-corrected chi connectivity index (χ3v) is 4.50. The third kappa shape index (κ3) is 3.84. The molecular weight excluding hydrogens is 300 g/mol. The SMILES string of the molecule is N#Cc1cccc(CNc2cccnc2N2CCC(CO)CC2)c1. The number of nitriles is 1. The summed E-state index contributed by atoms with van der Waals surface area (Å²) >= 11 is 0. The van der Waals surface area contributed by atoms with Gasteiger partial charge in [0.2, 0.25) is 0 Å². The minimum Gasteiger partial charge on any atom is -0.396 e. The molecule has 0 aliphatic carbocycles. The van der Waals surface area contributed by atoms with Gasteiger partial charge in [-0.1, -0.05) is 12.1 Å². The lowest BCUT2D eigenvalue weighted by Gasteiger charge is -2.33. The summed E-state index contributed by atoms with van der Waals surface area (Å²) in [5.74, 6) is 1.38. The molecule has 2 aromatic rings. The van der Waals surface area contributed by atoms with Crippen LogP contribution in [0.1, 0.15) is 24.0 Å². The molecule has 0 bridgehead atoms. The lowest BCUT2D eigenvalue weighted by Crippen LogP contribution is -2.35. The largest absolute Gasteiger partial charge is 0.396 e. The molecule has 0 saturated carbocycles.